The van der Waals surface area contributed by atoms with Crippen molar-refractivity contribution in [2.45, 2.75) is 32.5 Å². The molecule has 0 radical (unpaired) electrons. The topological polar surface area (TPSA) is 52.5 Å². The van der Waals surface area contributed by atoms with Crippen LogP contribution in [0, 0.1) is 12.7 Å². The third-order valence-electron chi connectivity index (χ3n) is 3.62. The van der Waals surface area contributed by atoms with E-state index >= 15 is 0 Å². The molecule has 2 aromatic rings. The van der Waals surface area contributed by atoms with Crippen molar-refractivity contribution in [1.29, 1.82) is 0 Å². The van der Waals surface area contributed by atoms with Crippen molar-refractivity contribution < 1.29 is 14.6 Å². The maximum absolute atomic E-state index is 12.9. The number of rotatable bonds is 5. The number of nitrogens with one attached hydrogen (secondary N) is 1. The fraction of sp³-hybridized carbons (Fsp3) is 0.294. The van der Waals surface area contributed by atoms with Gasteiger partial charge in [0.1, 0.15) is 11.6 Å². The SMILES string of the molecule is Cc1cccc(CNC(C)C(O)c2ccc(F)cc2)c1O. The summed E-state index contributed by atoms with van der Waals surface area (Å²) in [5.74, 6) is -0.0512. The molecule has 0 aliphatic rings. The molecule has 0 aliphatic carbocycles. The lowest BCUT2D eigenvalue weighted by molar-refractivity contribution is 0.135. The molecule has 0 spiro atoms. The average molecular weight is 289 g/mol. The fourth-order valence-electron chi connectivity index (χ4n) is 2.19. The van der Waals surface area contributed by atoms with Gasteiger partial charge in [0.15, 0.2) is 0 Å². The van der Waals surface area contributed by atoms with Crippen molar-refractivity contribution in [2.75, 3.05) is 0 Å². The smallest absolute Gasteiger partial charge is 0.123 e. The highest BCUT2D eigenvalue weighted by molar-refractivity contribution is 5.39. The van der Waals surface area contributed by atoms with E-state index in [0.717, 1.165) is 11.1 Å². The summed E-state index contributed by atoms with van der Waals surface area (Å²) in [6, 6.07) is 11.1. The summed E-state index contributed by atoms with van der Waals surface area (Å²) in [6.45, 7) is 4.14. The first kappa shape index (κ1) is 15.5. The third-order valence-corrected chi connectivity index (χ3v) is 3.62. The van der Waals surface area contributed by atoms with Crippen LogP contribution in [0.1, 0.15) is 29.7 Å². The van der Waals surface area contributed by atoms with Crippen molar-refractivity contribution in [2.24, 2.45) is 0 Å². The van der Waals surface area contributed by atoms with Gasteiger partial charge in [-0.3, -0.25) is 0 Å². The van der Waals surface area contributed by atoms with Crippen molar-refractivity contribution in [3.63, 3.8) is 0 Å². The lowest BCUT2D eigenvalue weighted by atomic mass is 10.0. The molecule has 4 heteroatoms. The van der Waals surface area contributed by atoms with Gasteiger partial charge in [0, 0.05) is 18.2 Å². The molecule has 0 fully saturated rings. The maximum atomic E-state index is 12.9. The van der Waals surface area contributed by atoms with Crippen LogP contribution in [-0.4, -0.2) is 16.3 Å². The summed E-state index contributed by atoms with van der Waals surface area (Å²) in [7, 11) is 0. The predicted octanol–water partition coefficient (Wildman–Crippen LogP) is 3.05. The summed E-state index contributed by atoms with van der Waals surface area (Å²) < 4.78 is 12.9. The van der Waals surface area contributed by atoms with Crippen LogP contribution in [-0.2, 0) is 6.54 Å². The number of aliphatic hydroxyl groups excluding tert-OH is 1. The zero-order chi connectivity index (χ0) is 15.4. The van der Waals surface area contributed by atoms with Crippen LogP contribution in [0.5, 0.6) is 5.75 Å². The highest BCUT2D eigenvalue weighted by atomic mass is 19.1. The Morgan fingerprint density at radius 1 is 1.14 bits per heavy atom. The Morgan fingerprint density at radius 2 is 1.81 bits per heavy atom. The molecule has 0 bridgehead atoms. The molecule has 3 N–H and O–H groups in total. The number of para-hydroxylation sites is 1. The minimum Gasteiger partial charge on any atom is -0.507 e. The number of aliphatic hydroxyl groups is 1. The van der Waals surface area contributed by atoms with Gasteiger partial charge in [-0.05, 0) is 37.1 Å². The normalized spacial score (nSPS) is 13.9. The van der Waals surface area contributed by atoms with E-state index in [1.54, 1.807) is 12.1 Å². The minimum absolute atomic E-state index is 0.227. The van der Waals surface area contributed by atoms with E-state index in [1.807, 2.05) is 32.0 Å². The number of benzene rings is 2. The highest BCUT2D eigenvalue weighted by Crippen LogP contribution is 2.22. The van der Waals surface area contributed by atoms with Gasteiger partial charge in [-0.15, -0.1) is 0 Å². The van der Waals surface area contributed by atoms with E-state index in [-0.39, 0.29) is 17.6 Å². The van der Waals surface area contributed by atoms with E-state index in [0.29, 0.717) is 12.1 Å². The molecule has 2 atom stereocenters. The summed E-state index contributed by atoms with van der Waals surface area (Å²) >= 11 is 0. The van der Waals surface area contributed by atoms with Crippen LogP contribution in [0.3, 0.4) is 0 Å². The third kappa shape index (κ3) is 3.80. The number of halogens is 1. The molecule has 0 aliphatic heterocycles. The van der Waals surface area contributed by atoms with Gasteiger partial charge in [-0.1, -0.05) is 30.3 Å². The Hall–Kier alpha value is -1.91. The zero-order valence-corrected chi connectivity index (χ0v) is 12.2. The molecule has 0 saturated carbocycles. The van der Waals surface area contributed by atoms with Gasteiger partial charge >= 0.3 is 0 Å². The fourth-order valence-corrected chi connectivity index (χ4v) is 2.19. The van der Waals surface area contributed by atoms with E-state index < -0.39 is 6.10 Å². The molecule has 3 nitrogen and oxygen atoms in total. The number of hydrogen-bond donors (Lipinski definition) is 3. The van der Waals surface area contributed by atoms with E-state index in [2.05, 4.69) is 5.32 Å². The van der Waals surface area contributed by atoms with Gasteiger partial charge in [0.25, 0.3) is 0 Å². The molecule has 2 unspecified atom stereocenters. The first-order valence-electron chi connectivity index (χ1n) is 6.93. The van der Waals surface area contributed by atoms with Crippen LogP contribution in [0.25, 0.3) is 0 Å². The number of phenols is 1. The van der Waals surface area contributed by atoms with E-state index in [9.17, 15) is 14.6 Å². The summed E-state index contributed by atoms with van der Waals surface area (Å²) in [5.41, 5.74) is 2.26. The summed E-state index contributed by atoms with van der Waals surface area (Å²) in [4.78, 5) is 0. The van der Waals surface area contributed by atoms with Crippen LogP contribution >= 0.6 is 0 Å². The van der Waals surface area contributed by atoms with Gasteiger partial charge < -0.3 is 15.5 Å². The number of aromatic hydroxyl groups is 1. The highest BCUT2D eigenvalue weighted by Gasteiger charge is 2.16. The van der Waals surface area contributed by atoms with Crippen molar-refractivity contribution in [3.05, 3.63) is 65.0 Å². The van der Waals surface area contributed by atoms with Crippen LogP contribution in [0.2, 0.25) is 0 Å². The molecule has 0 saturated heterocycles. The number of phenolic OH excluding ortho intramolecular Hbond substituents is 1. The standard InChI is InChI=1S/C17H20FNO2/c1-11-4-3-5-14(16(11)20)10-19-12(2)17(21)13-6-8-15(18)9-7-13/h3-9,12,17,19-21H,10H2,1-2H3. The Labute approximate surface area is 124 Å². The zero-order valence-electron chi connectivity index (χ0n) is 12.2. The van der Waals surface area contributed by atoms with Gasteiger partial charge in [0.05, 0.1) is 6.10 Å². The Kier molecular flexibility index (Phi) is 4.94. The van der Waals surface area contributed by atoms with Crippen molar-refractivity contribution >= 4 is 0 Å². The van der Waals surface area contributed by atoms with Gasteiger partial charge in [0.2, 0.25) is 0 Å². The minimum atomic E-state index is -0.738. The first-order chi connectivity index (χ1) is 9.99. The van der Waals surface area contributed by atoms with E-state index in [1.165, 1.54) is 12.1 Å². The lowest BCUT2D eigenvalue weighted by Gasteiger charge is -2.21. The predicted molar refractivity (Wildman–Crippen MR) is 80.5 cm³/mol. The average Bonchev–Trinajstić information content (AvgIpc) is 2.48. The molecule has 112 valence electrons. The van der Waals surface area contributed by atoms with Crippen LogP contribution < -0.4 is 5.32 Å². The molecule has 21 heavy (non-hydrogen) atoms. The molecular formula is C17H20FNO2. The second-order valence-corrected chi connectivity index (χ2v) is 5.25. The summed E-state index contributed by atoms with van der Waals surface area (Å²) in [6.07, 6.45) is -0.738. The van der Waals surface area contributed by atoms with Crippen LogP contribution in [0.15, 0.2) is 42.5 Å². The Balaban J connectivity index is 1.99. The number of hydrogen-bond acceptors (Lipinski definition) is 3. The van der Waals surface area contributed by atoms with E-state index in [4.69, 9.17) is 0 Å². The largest absolute Gasteiger partial charge is 0.507 e. The molecule has 2 rings (SSSR count). The van der Waals surface area contributed by atoms with Gasteiger partial charge in [-0.2, -0.15) is 0 Å². The van der Waals surface area contributed by atoms with Gasteiger partial charge in [-0.25, -0.2) is 4.39 Å². The first-order valence-corrected chi connectivity index (χ1v) is 6.93. The second kappa shape index (κ2) is 6.70. The summed E-state index contributed by atoms with van der Waals surface area (Å²) in [5, 5.41) is 23.4. The second-order valence-electron chi connectivity index (χ2n) is 5.25. The Morgan fingerprint density at radius 3 is 2.48 bits per heavy atom. The molecule has 2 aromatic carbocycles. The van der Waals surface area contributed by atoms with Crippen LogP contribution in [0.4, 0.5) is 4.39 Å². The quantitative estimate of drug-likeness (QED) is 0.793. The lowest BCUT2D eigenvalue weighted by Crippen LogP contribution is -2.31. The number of aryl methyl sites for hydroxylation is 1. The molecule has 0 aromatic heterocycles. The molecule has 0 amide bonds. The Bertz CT molecular complexity index is 598. The van der Waals surface area contributed by atoms with Crippen molar-refractivity contribution in [1.82, 2.24) is 5.32 Å². The maximum Gasteiger partial charge on any atom is 0.123 e. The molecule has 0 heterocycles. The molecular weight excluding hydrogens is 269 g/mol. The van der Waals surface area contributed by atoms with Crippen molar-refractivity contribution in [3.8, 4) is 5.75 Å². The monoisotopic (exact) mass is 289 g/mol.